The molecule has 0 radical (unpaired) electrons. The maximum Gasteiger partial charge on any atom is 0.142 e. The molecule has 0 saturated heterocycles. The zero-order valence-electron chi connectivity index (χ0n) is 6.44. The van der Waals surface area contributed by atoms with Gasteiger partial charge in [0.25, 0.3) is 0 Å². The van der Waals surface area contributed by atoms with Crippen molar-refractivity contribution < 1.29 is 4.39 Å². The fourth-order valence-electron chi connectivity index (χ4n) is 0.887. The highest BCUT2D eigenvalue weighted by atomic mass is 35.5. The van der Waals surface area contributed by atoms with Gasteiger partial charge in [0, 0.05) is 11.1 Å². The highest BCUT2D eigenvalue weighted by Crippen LogP contribution is 2.27. The molecule has 1 atom stereocenters. The number of hydrogen-bond donors (Lipinski definition) is 1. The molecule has 1 rings (SSSR count). The predicted molar refractivity (Wildman–Crippen MR) is 49.0 cm³/mol. The molecule has 4 heteroatoms. The van der Waals surface area contributed by atoms with E-state index in [0.29, 0.717) is 10.6 Å². The van der Waals surface area contributed by atoms with Gasteiger partial charge in [0.15, 0.2) is 0 Å². The summed E-state index contributed by atoms with van der Waals surface area (Å²) in [5.74, 6) is -0.492. The number of rotatable bonds is 1. The van der Waals surface area contributed by atoms with E-state index >= 15 is 0 Å². The first-order valence-electron chi connectivity index (χ1n) is 3.42. The molecule has 0 aliphatic rings. The molecule has 1 aromatic rings. The van der Waals surface area contributed by atoms with Crippen LogP contribution in [0.1, 0.15) is 18.5 Å². The lowest BCUT2D eigenvalue weighted by Gasteiger charge is -2.08. The smallest absolute Gasteiger partial charge is 0.142 e. The minimum atomic E-state index is -0.492. The molecule has 1 nitrogen and oxygen atoms in total. The molecule has 1 aromatic carbocycles. The zero-order valence-corrected chi connectivity index (χ0v) is 7.96. The van der Waals surface area contributed by atoms with Gasteiger partial charge in [0.1, 0.15) is 5.82 Å². The summed E-state index contributed by atoms with van der Waals surface area (Å²) in [7, 11) is 0. The molecule has 2 N–H and O–H groups in total. The number of halogens is 3. The predicted octanol–water partition coefficient (Wildman–Crippen LogP) is 3.15. The van der Waals surface area contributed by atoms with Gasteiger partial charge in [-0.25, -0.2) is 4.39 Å². The topological polar surface area (TPSA) is 26.0 Å². The van der Waals surface area contributed by atoms with E-state index in [1.54, 1.807) is 6.92 Å². The number of hydrogen-bond acceptors (Lipinski definition) is 1. The summed E-state index contributed by atoms with van der Waals surface area (Å²) >= 11 is 11.3. The van der Waals surface area contributed by atoms with Gasteiger partial charge in [0.05, 0.1) is 5.02 Å². The molecule has 12 heavy (non-hydrogen) atoms. The van der Waals surface area contributed by atoms with E-state index in [9.17, 15) is 4.39 Å². The summed E-state index contributed by atoms with van der Waals surface area (Å²) < 4.78 is 12.9. The van der Waals surface area contributed by atoms with Gasteiger partial charge in [-0.15, -0.1) is 0 Å². The molecule has 0 aromatic heterocycles. The molecule has 0 unspecified atom stereocenters. The largest absolute Gasteiger partial charge is 0.324 e. The van der Waals surface area contributed by atoms with E-state index in [2.05, 4.69) is 0 Å². The van der Waals surface area contributed by atoms with Crippen molar-refractivity contribution in [1.29, 1.82) is 0 Å². The molecule has 0 spiro atoms. The van der Waals surface area contributed by atoms with Crippen molar-refractivity contribution in [1.82, 2.24) is 0 Å². The minimum Gasteiger partial charge on any atom is -0.324 e. The molecule has 0 bridgehead atoms. The Bertz CT molecular complexity index is 299. The zero-order chi connectivity index (χ0) is 9.30. The Kier molecular flexibility index (Phi) is 2.94. The molecule has 66 valence electrons. The van der Waals surface area contributed by atoms with Gasteiger partial charge >= 0.3 is 0 Å². The van der Waals surface area contributed by atoms with Gasteiger partial charge < -0.3 is 5.73 Å². The van der Waals surface area contributed by atoms with Crippen molar-refractivity contribution in [3.8, 4) is 0 Å². The van der Waals surface area contributed by atoms with Crippen LogP contribution in [0.4, 0.5) is 4.39 Å². The third-order valence-corrected chi connectivity index (χ3v) is 2.15. The SMILES string of the molecule is C[C@@H](N)c1cc(F)c(Cl)cc1Cl. The van der Waals surface area contributed by atoms with Crippen LogP contribution < -0.4 is 5.73 Å². The van der Waals surface area contributed by atoms with Crippen molar-refractivity contribution in [3.05, 3.63) is 33.6 Å². The van der Waals surface area contributed by atoms with Crippen LogP contribution >= 0.6 is 23.2 Å². The average molecular weight is 208 g/mol. The highest BCUT2D eigenvalue weighted by molar-refractivity contribution is 6.35. The Morgan fingerprint density at radius 3 is 2.42 bits per heavy atom. The Labute approximate surface area is 80.3 Å². The molecule has 0 fully saturated rings. The lowest BCUT2D eigenvalue weighted by atomic mass is 10.1. The molecule has 0 amide bonds. The van der Waals surface area contributed by atoms with E-state index < -0.39 is 5.82 Å². The standard InChI is InChI=1S/C8H8Cl2FN/c1-4(12)5-2-8(11)7(10)3-6(5)9/h2-4H,12H2,1H3/t4-/m1/s1. The maximum atomic E-state index is 12.9. The first-order valence-corrected chi connectivity index (χ1v) is 4.18. The minimum absolute atomic E-state index is 0.0180. The van der Waals surface area contributed by atoms with Gasteiger partial charge in [-0.1, -0.05) is 23.2 Å². The second kappa shape index (κ2) is 3.60. The molecular weight excluding hydrogens is 200 g/mol. The van der Waals surface area contributed by atoms with Crippen molar-refractivity contribution in [2.24, 2.45) is 5.73 Å². The third-order valence-electron chi connectivity index (χ3n) is 1.53. The maximum absolute atomic E-state index is 12.9. The molecule has 0 saturated carbocycles. The van der Waals surface area contributed by atoms with Gasteiger partial charge in [-0.2, -0.15) is 0 Å². The number of nitrogens with two attached hydrogens (primary N) is 1. The van der Waals surface area contributed by atoms with E-state index in [4.69, 9.17) is 28.9 Å². The van der Waals surface area contributed by atoms with Crippen molar-refractivity contribution >= 4 is 23.2 Å². The lowest BCUT2D eigenvalue weighted by molar-refractivity contribution is 0.623. The van der Waals surface area contributed by atoms with Crippen LogP contribution in [0.3, 0.4) is 0 Å². The summed E-state index contributed by atoms with van der Waals surface area (Å²) in [4.78, 5) is 0. The average Bonchev–Trinajstić information content (AvgIpc) is 1.96. The van der Waals surface area contributed by atoms with Crippen LogP contribution in [0.2, 0.25) is 10.0 Å². The second-order valence-electron chi connectivity index (χ2n) is 2.58. The Balaban J connectivity index is 3.23. The summed E-state index contributed by atoms with van der Waals surface area (Å²) in [6.07, 6.45) is 0. The molecule has 0 aliphatic heterocycles. The monoisotopic (exact) mass is 207 g/mol. The van der Waals surface area contributed by atoms with E-state index in [1.165, 1.54) is 12.1 Å². The Morgan fingerprint density at radius 2 is 1.92 bits per heavy atom. The lowest BCUT2D eigenvalue weighted by Crippen LogP contribution is -2.06. The molecule has 0 aliphatic carbocycles. The Hall–Kier alpha value is -0.310. The fraction of sp³-hybridized carbons (Fsp3) is 0.250. The van der Waals surface area contributed by atoms with Crippen molar-refractivity contribution in [2.75, 3.05) is 0 Å². The van der Waals surface area contributed by atoms with E-state index in [1.807, 2.05) is 0 Å². The first kappa shape index (κ1) is 9.78. The van der Waals surface area contributed by atoms with Crippen molar-refractivity contribution in [3.63, 3.8) is 0 Å². The van der Waals surface area contributed by atoms with Crippen LogP contribution in [0.15, 0.2) is 12.1 Å². The van der Waals surface area contributed by atoms with Gasteiger partial charge in [-0.3, -0.25) is 0 Å². The molecule has 0 heterocycles. The second-order valence-corrected chi connectivity index (χ2v) is 3.39. The van der Waals surface area contributed by atoms with Crippen LogP contribution in [0, 0.1) is 5.82 Å². The van der Waals surface area contributed by atoms with Crippen LogP contribution in [-0.2, 0) is 0 Å². The van der Waals surface area contributed by atoms with Gasteiger partial charge in [0.2, 0.25) is 0 Å². The number of benzene rings is 1. The Morgan fingerprint density at radius 1 is 1.33 bits per heavy atom. The van der Waals surface area contributed by atoms with Crippen LogP contribution in [0.5, 0.6) is 0 Å². The fourth-order valence-corrected chi connectivity index (χ4v) is 1.44. The third kappa shape index (κ3) is 1.89. The normalized spacial score (nSPS) is 13.1. The van der Waals surface area contributed by atoms with E-state index in [-0.39, 0.29) is 11.1 Å². The molecular formula is C8H8Cl2FN. The van der Waals surface area contributed by atoms with Crippen molar-refractivity contribution in [2.45, 2.75) is 13.0 Å². The summed E-state index contributed by atoms with van der Waals surface area (Å²) in [5, 5.41) is 0.417. The summed E-state index contributed by atoms with van der Waals surface area (Å²) in [6.45, 7) is 1.73. The highest BCUT2D eigenvalue weighted by Gasteiger charge is 2.09. The first-order chi connectivity index (χ1) is 5.52. The quantitative estimate of drug-likeness (QED) is 0.704. The van der Waals surface area contributed by atoms with E-state index in [0.717, 1.165) is 0 Å². The van der Waals surface area contributed by atoms with Crippen LogP contribution in [0.25, 0.3) is 0 Å². The van der Waals surface area contributed by atoms with Crippen LogP contribution in [-0.4, -0.2) is 0 Å². The van der Waals surface area contributed by atoms with Gasteiger partial charge in [-0.05, 0) is 24.6 Å². The summed E-state index contributed by atoms with van der Waals surface area (Å²) in [6, 6.07) is 2.33. The summed E-state index contributed by atoms with van der Waals surface area (Å²) in [5.41, 5.74) is 6.11.